The minimum absolute atomic E-state index is 0. The molecule has 3 heteroatoms. The molecule has 230 valence electrons. The smallest absolute Gasteiger partial charge is 0.493 e. The fourth-order valence-corrected chi connectivity index (χ4v) is 5.38. The zero-order valence-electron chi connectivity index (χ0n) is 27.1. The molecule has 41 heavy (non-hydrogen) atoms. The van der Waals surface area contributed by atoms with Gasteiger partial charge >= 0.3 is 20.4 Å². The second-order valence-corrected chi connectivity index (χ2v) is 10.5. The van der Waals surface area contributed by atoms with Crippen LogP contribution < -0.4 is 0 Å². The van der Waals surface area contributed by atoms with Crippen molar-refractivity contribution in [3.63, 3.8) is 0 Å². The summed E-state index contributed by atoms with van der Waals surface area (Å²) in [6.07, 6.45) is 16.3. The summed E-state index contributed by atoms with van der Waals surface area (Å²) in [6, 6.07) is 17.8. The van der Waals surface area contributed by atoms with Crippen molar-refractivity contribution in [2.75, 3.05) is 0 Å². The average Bonchev–Trinajstić information content (AvgIpc) is 3.28. The van der Waals surface area contributed by atoms with E-state index in [-0.39, 0.29) is 20.4 Å². The van der Waals surface area contributed by atoms with E-state index in [0.717, 1.165) is 73.9 Å². The van der Waals surface area contributed by atoms with Gasteiger partial charge in [-0.1, -0.05) is 90.5 Å². The van der Waals surface area contributed by atoms with Crippen molar-refractivity contribution in [1.82, 2.24) is 0 Å². The minimum atomic E-state index is 0. The Labute approximate surface area is 268 Å². The van der Waals surface area contributed by atoms with Crippen LogP contribution in [0.2, 0.25) is 0 Å². The summed E-state index contributed by atoms with van der Waals surface area (Å²) >= 11 is 0. The quantitative estimate of drug-likeness (QED) is 0.0749. The first-order chi connectivity index (χ1) is 19.6. The van der Waals surface area contributed by atoms with Crippen molar-refractivity contribution >= 4 is 11.4 Å². The number of hydrogen-bond acceptors (Lipinski definition) is 0. The molecule has 2 nitrogen and oxygen atoms in total. The molecule has 0 unspecified atom stereocenters. The first kappa shape index (κ1) is 39.2. The third-order valence-corrected chi connectivity index (χ3v) is 7.46. The summed E-state index contributed by atoms with van der Waals surface area (Å²) in [6.45, 7) is 19.0. The van der Waals surface area contributed by atoms with Crippen LogP contribution in [-0.4, -0.2) is 4.70 Å². The van der Waals surface area contributed by atoms with Gasteiger partial charge in [-0.15, -0.1) is 0 Å². The van der Waals surface area contributed by atoms with Crippen LogP contribution in [0.5, 0.6) is 0 Å². The summed E-state index contributed by atoms with van der Waals surface area (Å²) in [5, 5.41) is 0. The number of unbranched alkanes of at least 4 members (excludes halogenated alkanes) is 6. The Morgan fingerprint density at radius 2 is 0.927 bits per heavy atom. The van der Waals surface area contributed by atoms with Crippen molar-refractivity contribution in [3.8, 4) is 0 Å². The van der Waals surface area contributed by atoms with Gasteiger partial charge in [0.2, 0.25) is 11.4 Å². The van der Waals surface area contributed by atoms with E-state index in [4.69, 9.17) is 0 Å². The number of hydrogen-bond donors (Lipinski definition) is 0. The predicted molar refractivity (Wildman–Crippen MR) is 178 cm³/mol. The summed E-state index contributed by atoms with van der Waals surface area (Å²) in [5.41, 5.74) is 21.6. The fourth-order valence-electron chi connectivity index (χ4n) is 5.38. The molecule has 2 aromatic carbocycles. The zero-order chi connectivity index (χ0) is 29.8. The van der Waals surface area contributed by atoms with Crippen molar-refractivity contribution < 1.29 is 25.1 Å². The van der Waals surface area contributed by atoms with Crippen LogP contribution in [0.4, 0.5) is 0 Å². The standard InChI is InChI=1S/C34H48N2.2C2H5.Pd/c1-5-9-13-14-18-28-20-16-22-30(26-28)34-32(24-12-8-4)31(23-11-7-3)33(36(34)35)29-21-15-19-27(25-29)17-10-6-2;2*1-2;/h15-16,19-22,25-26H,5-14,17-18,23-24H2,1-4H3;2*1H2,2H3;/q;2*-1;+2. The number of rotatable bonds is 16. The Bertz CT molecular complexity index is 1060. The van der Waals surface area contributed by atoms with E-state index in [9.17, 15) is 5.53 Å². The van der Waals surface area contributed by atoms with E-state index in [1.807, 2.05) is 0 Å². The minimum Gasteiger partial charge on any atom is -0.493 e. The van der Waals surface area contributed by atoms with Crippen LogP contribution >= 0.6 is 0 Å². The molecule has 0 aliphatic carbocycles. The molecule has 0 N–H and O–H groups in total. The Morgan fingerprint density at radius 1 is 0.537 bits per heavy atom. The largest absolute Gasteiger partial charge is 2.00 e. The molecular weight excluding hydrogens is 591 g/mol. The van der Waals surface area contributed by atoms with Crippen molar-refractivity contribution in [2.45, 2.75) is 131 Å². The molecule has 0 saturated heterocycles. The topological polar surface area (TPSA) is 25.3 Å². The van der Waals surface area contributed by atoms with Gasteiger partial charge in [0.1, 0.15) is 0 Å². The van der Waals surface area contributed by atoms with Gasteiger partial charge in [0.25, 0.3) is 0 Å². The monoisotopic (exact) mass is 648 g/mol. The average molecular weight is 649 g/mol. The van der Waals surface area contributed by atoms with E-state index >= 15 is 0 Å². The molecule has 1 aliphatic rings. The summed E-state index contributed by atoms with van der Waals surface area (Å²) in [7, 11) is 0. The van der Waals surface area contributed by atoms with Crippen LogP contribution in [0.15, 0.2) is 59.7 Å². The molecule has 0 atom stereocenters. The van der Waals surface area contributed by atoms with E-state index < -0.39 is 0 Å². The van der Waals surface area contributed by atoms with Crippen LogP contribution in [0.1, 0.15) is 141 Å². The molecule has 3 rings (SSSR count). The number of nitrogens with zero attached hydrogens (tertiary/aromatic N) is 2. The van der Waals surface area contributed by atoms with Gasteiger partial charge in [0.15, 0.2) is 0 Å². The summed E-state index contributed by atoms with van der Waals surface area (Å²) in [4.78, 5) is 0. The van der Waals surface area contributed by atoms with E-state index in [0.29, 0.717) is 0 Å². The fraction of sp³-hybridized carbons (Fsp3) is 0.526. The molecule has 0 radical (unpaired) electrons. The Balaban J connectivity index is 0.00000306. The SMILES string of the molecule is CCCCCCc1cccc(C2=C(CCCC)C(CCCC)=C(c3cccc(CCCC)c3)[N+]2=[N-])c1.[CH2-]C.[CH2-]C.[Pd+2]. The van der Waals surface area contributed by atoms with Gasteiger partial charge < -0.3 is 19.4 Å². The van der Waals surface area contributed by atoms with Crippen molar-refractivity contribution in [3.05, 3.63) is 101 Å². The van der Waals surface area contributed by atoms with Gasteiger partial charge in [0.05, 0.1) is 0 Å². The molecule has 2 aromatic rings. The van der Waals surface area contributed by atoms with E-state index in [1.165, 1.54) is 60.8 Å². The second-order valence-electron chi connectivity index (χ2n) is 10.5. The van der Waals surface area contributed by atoms with Crippen molar-refractivity contribution in [1.29, 1.82) is 0 Å². The van der Waals surface area contributed by atoms with Crippen LogP contribution in [0.25, 0.3) is 16.9 Å². The molecule has 0 amide bonds. The molecule has 1 aliphatic heterocycles. The maximum Gasteiger partial charge on any atom is 2.00 e. The Morgan fingerprint density at radius 3 is 1.34 bits per heavy atom. The number of benzene rings is 2. The molecule has 0 spiro atoms. The van der Waals surface area contributed by atoms with Crippen LogP contribution in [-0.2, 0) is 33.3 Å². The van der Waals surface area contributed by atoms with Crippen LogP contribution in [0.3, 0.4) is 0 Å². The summed E-state index contributed by atoms with van der Waals surface area (Å²) in [5.74, 6) is 0. The number of aryl methyl sites for hydroxylation is 2. The van der Waals surface area contributed by atoms with Gasteiger partial charge in [-0.2, -0.15) is 13.8 Å². The molecule has 0 fully saturated rings. The first-order valence-electron chi connectivity index (χ1n) is 16.2. The molecule has 0 aromatic heterocycles. The zero-order valence-corrected chi connectivity index (χ0v) is 28.7. The van der Waals surface area contributed by atoms with Crippen molar-refractivity contribution in [2.24, 2.45) is 0 Å². The van der Waals surface area contributed by atoms with Gasteiger partial charge in [-0.3, -0.25) is 0 Å². The maximum atomic E-state index is 11.8. The number of allylic oxidation sites excluding steroid dienone is 2. The van der Waals surface area contributed by atoms with Gasteiger partial charge in [-0.05, 0) is 86.8 Å². The first-order valence-corrected chi connectivity index (χ1v) is 16.2. The molecule has 0 bridgehead atoms. The normalized spacial score (nSPS) is 12.4. The third kappa shape index (κ3) is 12.1. The predicted octanol–water partition coefficient (Wildman–Crippen LogP) is 12.4. The third-order valence-electron chi connectivity index (χ3n) is 7.46. The van der Waals surface area contributed by atoms with Crippen LogP contribution in [0, 0.1) is 13.8 Å². The maximum absolute atomic E-state index is 11.8. The van der Waals surface area contributed by atoms with Gasteiger partial charge in [0, 0.05) is 22.3 Å². The Hall–Kier alpha value is -1.82. The van der Waals surface area contributed by atoms with E-state index in [2.05, 4.69) is 90.1 Å². The van der Waals surface area contributed by atoms with E-state index in [1.54, 1.807) is 18.5 Å². The van der Waals surface area contributed by atoms with Gasteiger partial charge in [-0.25, -0.2) is 4.70 Å². The molecular formula is C38H58N2Pd. The Kier molecular flexibility index (Phi) is 22.7. The summed E-state index contributed by atoms with van der Waals surface area (Å²) < 4.78 is 1.55. The molecule has 1 heterocycles. The second kappa shape index (κ2) is 23.7. The molecule has 0 saturated carbocycles.